The summed E-state index contributed by atoms with van der Waals surface area (Å²) in [4.78, 5) is 11.9. The molecule has 2 unspecified atom stereocenters. The minimum absolute atomic E-state index is 0.154. The van der Waals surface area contributed by atoms with Gasteiger partial charge in [-0.05, 0) is 43.2 Å². The minimum Gasteiger partial charge on any atom is -0.273 e. The third kappa shape index (κ3) is 2.71. The van der Waals surface area contributed by atoms with Crippen molar-refractivity contribution in [2.24, 2.45) is 5.10 Å². The van der Waals surface area contributed by atoms with E-state index in [1.807, 2.05) is 0 Å². The first-order valence-electron chi connectivity index (χ1n) is 7.18. The molecule has 0 N–H and O–H groups in total. The molecule has 0 bridgehead atoms. The lowest BCUT2D eigenvalue weighted by Gasteiger charge is -2.32. The molecule has 0 fully saturated rings. The summed E-state index contributed by atoms with van der Waals surface area (Å²) in [6, 6.07) is 5.91. The third-order valence-electron chi connectivity index (χ3n) is 3.87. The maximum atomic E-state index is 15.0. The Bertz CT molecular complexity index is 692. The third-order valence-corrected chi connectivity index (χ3v) is 3.87. The Labute approximate surface area is 127 Å². The Morgan fingerprint density at radius 2 is 2.23 bits per heavy atom. The molecule has 1 aromatic carbocycles. The highest BCUT2D eigenvalue weighted by Crippen LogP contribution is 2.39. The molecular weight excluding hydrogens is 286 g/mol. The van der Waals surface area contributed by atoms with Crippen molar-refractivity contribution in [3.05, 3.63) is 59.6 Å². The fourth-order valence-corrected chi connectivity index (χ4v) is 2.79. The van der Waals surface area contributed by atoms with Gasteiger partial charge in [-0.15, -0.1) is 0 Å². The van der Waals surface area contributed by atoms with E-state index in [4.69, 9.17) is 0 Å². The number of nitrogens with zero attached hydrogens (tertiary/aromatic N) is 2. The quantitative estimate of drug-likeness (QED) is 0.820. The zero-order valence-electron chi connectivity index (χ0n) is 12.2. The predicted octanol–water partition coefficient (Wildman–Crippen LogP) is 3.70. The molecule has 1 aromatic rings. The lowest BCUT2D eigenvalue weighted by Crippen LogP contribution is -2.33. The molecule has 0 spiro atoms. The van der Waals surface area contributed by atoms with Gasteiger partial charge in [-0.2, -0.15) is 5.10 Å². The van der Waals surface area contributed by atoms with Crippen molar-refractivity contribution >= 4 is 12.1 Å². The lowest BCUT2D eigenvalue weighted by atomic mass is 9.81. The second-order valence-electron chi connectivity index (χ2n) is 5.65. The van der Waals surface area contributed by atoms with Crippen molar-refractivity contribution in [3.63, 3.8) is 0 Å². The van der Waals surface area contributed by atoms with E-state index in [2.05, 4.69) is 5.10 Å². The summed E-state index contributed by atoms with van der Waals surface area (Å²) in [5.74, 6) is -1.15. The van der Waals surface area contributed by atoms with Crippen LogP contribution in [-0.2, 0) is 4.79 Å². The van der Waals surface area contributed by atoms with Gasteiger partial charge in [0.1, 0.15) is 11.5 Å². The summed E-state index contributed by atoms with van der Waals surface area (Å²) in [5.41, 5.74) is -0.755. The zero-order chi connectivity index (χ0) is 15.7. The van der Waals surface area contributed by atoms with Gasteiger partial charge in [-0.25, -0.2) is 13.8 Å². The van der Waals surface area contributed by atoms with Crippen LogP contribution in [0.4, 0.5) is 8.78 Å². The van der Waals surface area contributed by atoms with Gasteiger partial charge < -0.3 is 0 Å². The van der Waals surface area contributed by atoms with E-state index in [1.54, 1.807) is 30.5 Å². The molecule has 0 saturated carbocycles. The number of hydrazone groups is 1. The highest BCUT2D eigenvalue weighted by molar-refractivity contribution is 5.84. The molecule has 1 amide bonds. The summed E-state index contributed by atoms with van der Waals surface area (Å²) in [6.45, 7) is 1.42. The number of hydrogen-bond acceptors (Lipinski definition) is 2. The number of benzene rings is 1. The maximum absolute atomic E-state index is 15.0. The van der Waals surface area contributed by atoms with Crippen LogP contribution in [0.5, 0.6) is 0 Å². The van der Waals surface area contributed by atoms with Gasteiger partial charge in [0.25, 0.3) is 0 Å². The van der Waals surface area contributed by atoms with Crippen LogP contribution in [0.15, 0.2) is 53.3 Å². The number of halogens is 2. The Morgan fingerprint density at radius 3 is 2.91 bits per heavy atom. The van der Waals surface area contributed by atoms with Crippen molar-refractivity contribution in [1.29, 1.82) is 0 Å². The fourth-order valence-electron chi connectivity index (χ4n) is 2.79. The van der Waals surface area contributed by atoms with Crippen LogP contribution in [0, 0.1) is 5.82 Å². The van der Waals surface area contributed by atoms with Crippen LogP contribution in [0.3, 0.4) is 0 Å². The highest BCUT2D eigenvalue weighted by atomic mass is 19.1. The number of carbonyl (C=O) groups excluding carboxylic acids is 1. The Balaban J connectivity index is 1.92. The minimum atomic E-state index is -1.73. The van der Waals surface area contributed by atoms with Crippen molar-refractivity contribution in [2.45, 2.75) is 31.4 Å². The first-order chi connectivity index (χ1) is 10.5. The van der Waals surface area contributed by atoms with Crippen LogP contribution in [0.25, 0.3) is 0 Å². The molecule has 3 rings (SSSR count). The van der Waals surface area contributed by atoms with Crippen LogP contribution in [0.2, 0.25) is 0 Å². The molecule has 2 aliphatic rings. The van der Waals surface area contributed by atoms with Crippen molar-refractivity contribution in [3.8, 4) is 0 Å². The predicted molar refractivity (Wildman–Crippen MR) is 80.4 cm³/mol. The topological polar surface area (TPSA) is 32.7 Å². The second-order valence-corrected chi connectivity index (χ2v) is 5.65. The maximum Gasteiger partial charge on any atom is 0.247 e. The van der Waals surface area contributed by atoms with E-state index in [0.717, 1.165) is 0 Å². The van der Waals surface area contributed by atoms with Gasteiger partial charge in [0.2, 0.25) is 5.91 Å². The smallest absolute Gasteiger partial charge is 0.247 e. The zero-order valence-corrected chi connectivity index (χ0v) is 12.2. The normalized spacial score (nSPS) is 28.0. The largest absolute Gasteiger partial charge is 0.273 e. The average Bonchev–Trinajstić information content (AvgIpc) is 2.46. The van der Waals surface area contributed by atoms with E-state index in [1.165, 1.54) is 30.1 Å². The van der Waals surface area contributed by atoms with E-state index >= 15 is 4.39 Å². The molecule has 22 heavy (non-hydrogen) atoms. The van der Waals surface area contributed by atoms with Crippen LogP contribution >= 0.6 is 0 Å². The molecule has 1 aliphatic heterocycles. The van der Waals surface area contributed by atoms with Gasteiger partial charge in [-0.1, -0.05) is 18.2 Å². The number of alkyl halides is 1. The molecule has 0 aromatic heterocycles. The van der Waals surface area contributed by atoms with Gasteiger partial charge >= 0.3 is 0 Å². The first-order valence-corrected chi connectivity index (χ1v) is 7.18. The number of hydrogen-bond donors (Lipinski definition) is 0. The molecule has 0 saturated heterocycles. The summed E-state index contributed by atoms with van der Waals surface area (Å²) in [5, 5.41) is 5.25. The van der Waals surface area contributed by atoms with Crippen LogP contribution < -0.4 is 0 Å². The Morgan fingerprint density at radius 1 is 1.41 bits per heavy atom. The van der Waals surface area contributed by atoms with Gasteiger partial charge in [-0.3, -0.25) is 4.79 Å². The summed E-state index contributed by atoms with van der Waals surface area (Å²) in [6.07, 6.45) is 7.31. The molecular formula is C17H16F2N2O. The lowest BCUT2D eigenvalue weighted by molar-refractivity contribution is -0.129. The van der Waals surface area contributed by atoms with Crippen molar-refractivity contribution in [2.75, 3.05) is 0 Å². The van der Waals surface area contributed by atoms with Crippen LogP contribution in [-0.4, -0.2) is 22.8 Å². The van der Waals surface area contributed by atoms with E-state index in [-0.39, 0.29) is 5.91 Å². The summed E-state index contributed by atoms with van der Waals surface area (Å²) in [7, 11) is 0. The molecule has 1 aliphatic carbocycles. The van der Waals surface area contributed by atoms with Gasteiger partial charge in [0.05, 0.1) is 5.70 Å². The molecule has 1 heterocycles. The Kier molecular flexibility index (Phi) is 3.64. The Hall–Kier alpha value is -2.30. The van der Waals surface area contributed by atoms with Gasteiger partial charge in [0, 0.05) is 18.6 Å². The number of allylic oxidation sites excluding steroid dienone is 3. The summed E-state index contributed by atoms with van der Waals surface area (Å²) >= 11 is 0. The fraction of sp³-hybridized carbons (Fsp3) is 0.294. The first kappa shape index (κ1) is 14.6. The highest BCUT2D eigenvalue weighted by Gasteiger charge is 2.36. The van der Waals surface area contributed by atoms with Crippen molar-refractivity contribution < 1.29 is 13.6 Å². The molecule has 2 atom stereocenters. The molecule has 5 heteroatoms. The summed E-state index contributed by atoms with van der Waals surface area (Å²) < 4.78 is 28.4. The van der Waals surface area contributed by atoms with Crippen LogP contribution in [0.1, 0.15) is 31.2 Å². The number of amides is 1. The second kappa shape index (κ2) is 5.48. The monoisotopic (exact) mass is 302 g/mol. The van der Waals surface area contributed by atoms with E-state index < -0.39 is 17.4 Å². The average molecular weight is 302 g/mol. The molecule has 0 radical (unpaired) electrons. The SMILES string of the molecule is CC1(F)C=C(N2N=CCCC2=O)C=CC1c1cccc(F)c1. The van der Waals surface area contributed by atoms with E-state index in [0.29, 0.717) is 24.1 Å². The van der Waals surface area contributed by atoms with Crippen molar-refractivity contribution in [1.82, 2.24) is 5.01 Å². The molecule has 114 valence electrons. The molecule has 3 nitrogen and oxygen atoms in total. The van der Waals surface area contributed by atoms with Gasteiger partial charge in [0.15, 0.2) is 0 Å². The number of rotatable bonds is 2. The number of carbonyl (C=O) groups is 1. The standard InChI is InChI=1S/C17H16F2N2O/c1-17(19)11-14(21-16(22)6-3-9-20-21)7-8-15(17)12-4-2-5-13(18)10-12/h2,4-5,7-11,15H,3,6H2,1H3. The van der Waals surface area contributed by atoms with E-state index in [9.17, 15) is 9.18 Å².